The maximum atomic E-state index is 13.3. The Balaban J connectivity index is 2.12. The highest BCUT2D eigenvalue weighted by molar-refractivity contribution is 7.90. The highest BCUT2D eigenvalue weighted by atomic mass is 35.5. The van der Waals surface area contributed by atoms with Crippen molar-refractivity contribution in [3.8, 4) is 5.75 Å². The normalized spacial score (nSPS) is 11.6. The molecule has 0 aliphatic carbocycles. The molecule has 27 heavy (non-hydrogen) atoms. The first kappa shape index (κ1) is 19.2. The third-order valence-corrected chi connectivity index (χ3v) is 6.06. The summed E-state index contributed by atoms with van der Waals surface area (Å²) in [4.78, 5) is 15.1. The molecule has 0 amide bonds. The summed E-state index contributed by atoms with van der Waals surface area (Å²) in [5.74, 6) is -0.390. The van der Waals surface area contributed by atoms with E-state index in [9.17, 15) is 13.2 Å². The van der Waals surface area contributed by atoms with E-state index >= 15 is 0 Å². The van der Waals surface area contributed by atoms with Crippen LogP contribution in [-0.4, -0.2) is 35.6 Å². The molecule has 7 nitrogen and oxygen atoms in total. The van der Waals surface area contributed by atoms with Gasteiger partial charge in [-0.05, 0) is 55.3 Å². The zero-order valence-corrected chi connectivity index (χ0v) is 16.0. The number of ether oxygens (including phenoxy) is 1. The molecule has 0 fully saturated rings. The molecule has 0 aliphatic rings. The van der Waals surface area contributed by atoms with Gasteiger partial charge in [0.2, 0.25) is 0 Å². The van der Waals surface area contributed by atoms with E-state index in [1.54, 1.807) is 24.3 Å². The molecule has 1 N–H and O–H groups in total. The zero-order chi connectivity index (χ0) is 19.6. The molecular weight excluding hydrogens is 392 g/mol. The van der Waals surface area contributed by atoms with Gasteiger partial charge >= 0.3 is 5.97 Å². The van der Waals surface area contributed by atoms with Crippen LogP contribution >= 0.6 is 11.6 Å². The van der Waals surface area contributed by atoms with Gasteiger partial charge < -0.3 is 9.84 Å². The summed E-state index contributed by atoms with van der Waals surface area (Å²) in [6, 6.07) is 10.8. The smallest absolute Gasteiger partial charge is 0.303 e. The van der Waals surface area contributed by atoms with Crippen molar-refractivity contribution in [1.82, 2.24) is 8.96 Å². The molecule has 0 saturated heterocycles. The fourth-order valence-electron chi connectivity index (χ4n) is 2.82. The van der Waals surface area contributed by atoms with Crippen LogP contribution in [0.1, 0.15) is 18.5 Å². The zero-order valence-electron chi connectivity index (χ0n) is 14.4. The number of benzene rings is 1. The van der Waals surface area contributed by atoms with Crippen molar-refractivity contribution in [3.63, 3.8) is 0 Å². The van der Waals surface area contributed by atoms with Gasteiger partial charge in [-0.3, -0.25) is 4.79 Å². The molecule has 0 spiro atoms. The summed E-state index contributed by atoms with van der Waals surface area (Å²) < 4.78 is 32.8. The monoisotopic (exact) mass is 408 g/mol. The topological polar surface area (TPSA) is 98.5 Å². The van der Waals surface area contributed by atoms with Crippen LogP contribution in [0.5, 0.6) is 5.75 Å². The predicted molar refractivity (Wildman–Crippen MR) is 101 cm³/mol. The van der Waals surface area contributed by atoms with Gasteiger partial charge in [-0.1, -0.05) is 11.6 Å². The molecule has 9 heteroatoms. The Morgan fingerprint density at radius 3 is 2.56 bits per heavy atom. The molecule has 3 aromatic rings. The summed E-state index contributed by atoms with van der Waals surface area (Å²) >= 11 is 5.93. The molecule has 2 aromatic heterocycles. The van der Waals surface area contributed by atoms with Crippen LogP contribution in [0.15, 0.2) is 47.4 Å². The fraction of sp³-hybridized carbons (Fsp3) is 0.222. The van der Waals surface area contributed by atoms with E-state index in [-0.39, 0.29) is 22.9 Å². The Labute approximate surface area is 161 Å². The number of fused-ring (bicyclic) bond motifs is 1. The van der Waals surface area contributed by atoms with Crippen molar-refractivity contribution >= 4 is 38.6 Å². The highest BCUT2D eigenvalue weighted by Gasteiger charge is 2.23. The van der Waals surface area contributed by atoms with Gasteiger partial charge in [0, 0.05) is 12.1 Å². The summed E-state index contributed by atoms with van der Waals surface area (Å²) in [6.45, 7) is 0. The minimum Gasteiger partial charge on any atom is -0.497 e. The lowest BCUT2D eigenvalue weighted by atomic mass is 10.2. The van der Waals surface area contributed by atoms with Crippen molar-refractivity contribution in [2.75, 3.05) is 7.11 Å². The Hall–Kier alpha value is -2.58. The van der Waals surface area contributed by atoms with Crippen LogP contribution in [0.4, 0.5) is 0 Å². The quantitative estimate of drug-likeness (QED) is 0.602. The van der Waals surface area contributed by atoms with Gasteiger partial charge in [0.15, 0.2) is 0 Å². The third kappa shape index (κ3) is 3.91. The number of hydrogen-bond acceptors (Lipinski definition) is 5. The first-order valence-corrected chi connectivity index (χ1v) is 9.93. The highest BCUT2D eigenvalue weighted by Crippen LogP contribution is 2.28. The van der Waals surface area contributed by atoms with Crippen molar-refractivity contribution < 1.29 is 23.1 Å². The Morgan fingerprint density at radius 2 is 1.93 bits per heavy atom. The van der Waals surface area contributed by atoms with Gasteiger partial charge in [-0.2, -0.15) is 0 Å². The largest absolute Gasteiger partial charge is 0.497 e. The van der Waals surface area contributed by atoms with Crippen molar-refractivity contribution in [2.24, 2.45) is 0 Å². The van der Waals surface area contributed by atoms with Crippen molar-refractivity contribution in [3.05, 3.63) is 53.3 Å². The first-order valence-electron chi connectivity index (χ1n) is 8.11. The molecule has 0 bridgehead atoms. The number of hydrogen-bond donors (Lipinski definition) is 1. The Morgan fingerprint density at radius 1 is 1.22 bits per heavy atom. The summed E-state index contributed by atoms with van der Waals surface area (Å²) in [7, 11) is -2.41. The van der Waals surface area contributed by atoms with Crippen LogP contribution in [0.25, 0.3) is 11.0 Å². The minimum absolute atomic E-state index is 0.0572. The second-order valence-corrected chi connectivity index (χ2v) is 8.04. The standard InChI is InChI=1S/C18H17ClN2O5S/c1-26-13-5-7-14(8-6-13)27(24,25)21-12(3-2-4-18(22)23)11-15-16(21)9-10-17(19)20-15/h5-11H,2-4H2,1H3,(H,22,23). The maximum absolute atomic E-state index is 13.3. The molecule has 0 saturated carbocycles. The Kier molecular flexibility index (Phi) is 5.38. The van der Waals surface area contributed by atoms with E-state index in [4.69, 9.17) is 21.4 Å². The van der Waals surface area contributed by atoms with Gasteiger partial charge in [0.1, 0.15) is 10.9 Å². The molecule has 0 atom stereocenters. The molecule has 0 radical (unpaired) electrons. The second-order valence-electron chi connectivity index (χ2n) is 5.87. The maximum Gasteiger partial charge on any atom is 0.303 e. The number of methoxy groups -OCH3 is 1. The molecule has 142 valence electrons. The van der Waals surface area contributed by atoms with Crippen LogP contribution in [-0.2, 0) is 21.2 Å². The number of aryl methyl sites for hydroxylation is 1. The van der Waals surface area contributed by atoms with Crippen LogP contribution in [0.3, 0.4) is 0 Å². The molecule has 0 aliphatic heterocycles. The molecular formula is C18H17ClN2O5S. The average molecular weight is 409 g/mol. The summed E-state index contributed by atoms with van der Waals surface area (Å²) in [5.41, 5.74) is 1.28. The van der Waals surface area contributed by atoms with Gasteiger partial charge in [0.25, 0.3) is 10.0 Å². The number of pyridine rings is 1. The number of halogens is 1. The van der Waals surface area contributed by atoms with Crippen molar-refractivity contribution in [2.45, 2.75) is 24.2 Å². The number of carboxylic acid groups (broad SMARTS) is 1. The van der Waals surface area contributed by atoms with Crippen LogP contribution in [0, 0.1) is 0 Å². The van der Waals surface area contributed by atoms with E-state index in [0.717, 1.165) is 0 Å². The van der Waals surface area contributed by atoms with Crippen LogP contribution < -0.4 is 4.74 Å². The minimum atomic E-state index is -3.91. The number of carbonyl (C=O) groups is 1. The first-order chi connectivity index (χ1) is 12.8. The van der Waals surface area contributed by atoms with E-state index in [0.29, 0.717) is 28.9 Å². The molecule has 2 heterocycles. The van der Waals surface area contributed by atoms with Crippen LogP contribution in [0.2, 0.25) is 5.15 Å². The van der Waals surface area contributed by atoms with E-state index in [1.807, 2.05) is 0 Å². The lowest BCUT2D eigenvalue weighted by molar-refractivity contribution is -0.137. The number of carboxylic acids is 1. The second kappa shape index (κ2) is 7.58. The summed E-state index contributed by atoms with van der Waals surface area (Å²) in [6.07, 6.45) is 0.519. The van der Waals surface area contributed by atoms with Gasteiger partial charge in [-0.15, -0.1) is 0 Å². The summed E-state index contributed by atoms with van der Waals surface area (Å²) in [5, 5.41) is 9.11. The average Bonchev–Trinajstić information content (AvgIpc) is 2.99. The van der Waals surface area contributed by atoms with E-state index in [2.05, 4.69) is 4.98 Å². The molecule has 1 aromatic carbocycles. The Bertz CT molecular complexity index is 1090. The lowest BCUT2D eigenvalue weighted by Crippen LogP contribution is -2.16. The number of nitrogens with zero attached hydrogens (tertiary/aromatic N) is 2. The molecule has 3 rings (SSSR count). The van der Waals surface area contributed by atoms with E-state index in [1.165, 1.54) is 29.3 Å². The number of aliphatic carboxylic acids is 1. The molecule has 0 unspecified atom stereocenters. The fourth-order valence-corrected chi connectivity index (χ4v) is 4.53. The number of aromatic nitrogens is 2. The van der Waals surface area contributed by atoms with Gasteiger partial charge in [0.05, 0.1) is 23.0 Å². The number of rotatable bonds is 7. The predicted octanol–water partition coefficient (Wildman–Crippen LogP) is 3.34. The third-order valence-electron chi connectivity index (χ3n) is 4.07. The lowest BCUT2D eigenvalue weighted by Gasteiger charge is -2.12. The van der Waals surface area contributed by atoms with E-state index < -0.39 is 16.0 Å². The van der Waals surface area contributed by atoms with Crippen molar-refractivity contribution in [1.29, 1.82) is 0 Å². The van der Waals surface area contributed by atoms with Gasteiger partial charge in [-0.25, -0.2) is 17.4 Å². The SMILES string of the molecule is COc1ccc(S(=O)(=O)n2c(CCCC(=O)O)cc3nc(Cl)ccc32)cc1.